The molecule has 2 aliphatic heterocycles. The molecule has 0 radical (unpaired) electrons. The molecule has 0 aromatic carbocycles. The largest absolute Gasteiger partial charge is 0.342 e. The van der Waals surface area contributed by atoms with Crippen LogP contribution in [0, 0.1) is 5.41 Å². The van der Waals surface area contributed by atoms with Crippen molar-refractivity contribution >= 4 is 11.8 Å². The maximum atomic E-state index is 12.7. The van der Waals surface area contributed by atoms with Crippen molar-refractivity contribution in [3.05, 3.63) is 42.7 Å². The number of piperidine rings is 2. The zero-order chi connectivity index (χ0) is 19.4. The molecule has 148 valence electrons. The molecule has 2 aliphatic rings. The van der Waals surface area contributed by atoms with Gasteiger partial charge >= 0.3 is 0 Å². The third-order valence-corrected chi connectivity index (χ3v) is 5.88. The van der Waals surface area contributed by atoms with Gasteiger partial charge in [-0.3, -0.25) is 19.3 Å². The average Bonchev–Trinajstić information content (AvgIpc) is 3.24. The first kappa shape index (κ1) is 18.6. The Morgan fingerprint density at radius 1 is 1.21 bits per heavy atom. The lowest BCUT2D eigenvalue weighted by Crippen LogP contribution is -2.54. The highest BCUT2D eigenvalue weighted by atomic mass is 16.2. The molecule has 0 unspecified atom stereocenters. The highest BCUT2D eigenvalue weighted by Crippen LogP contribution is 2.39. The van der Waals surface area contributed by atoms with Gasteiger partial charge in [-0.2, -0.15) is 5.10 Å². The molecular weight excluding hydrogens is 356 g/mol. The van der Waals surface area contributed by atoms with Crippen LogP contribution >= 0.6 is 0 Å². The van der Waals surface area contributed by atoms with Crippen LogP contribution in [-0.2, 0) is 22.7 Å². The molecule has 2 fully saturated rings. The minimum Gasteiger partial charge on any atom is -0.342 e. The van der Waals surface area contributed by atoms with Crippen LogP contribution in [0.3, 0.4) is 0 Å². The fraction of sp³-hybridized carbons (Fsp3) is 0.550. The van der Waals surface area contributed by atoms with Gasteiger partial charge in [0.1, 0.15) is 12.7 Å². The number of hydrogen-bond acceptors (Lipinski definition) is 5. The van der Waals surface area contributed by atoms with Gasteiger partial charge in [0.05, 0.1) is 6.54 Å². The van der Waals surface area contributed by atoms with E-state index >= 15 is 0 Å². The molecule has 8 nitrogen and oxygen atoms in total. The van der Waals surface area contributed by atoms with Crippen LogP contribution in [0.15, 0.2) is 37.2 Å². The van der Waals surface area contributed by atoms with E-state index in [1.54, 1.807) is 17.2 Å². The van der Waals surface area contributed by atoms with Crippen molar-refractivity contribution in [2.24, 2.45) is 5.41 Å². The Hall–Kier alpha value is -2.77. The van der Waals surface area contributed by atoms with E-state index in [0.717, 1.165) is 37.9 Å². The zero-order valence-electron chi connectivity index (χ0n) is 16.0. The van der Waals surface area contributed by atoms with Gasteiger partial charge in [0, 0.05) is 56.8 Å². The van der Waals surface area contributed by atoms with Gasteiger partial charge in [0.2, 0.25) is 11.8 Å². The fourth-order valence-corrected chi connectivity index (χ4v) is 4.43. The van der Waals surface area contributed by atoms with Crippen LogP contribution in [-0.4, -0.2) is 61.0 Å². The van der Waals surface area contributed by atoms with E-state index in [2.05, 4.69) is 15.1 Å². The number of amides is 2. The second-order valence-electron chi connectivity index (χ2n) is 7.94. The monoisotopic (exact) mass is 382 g/mol. The number of carbonyl (C=O) groups is 2. The van der Waals surface area contributed by atoms with Gasteiger partial charge in [-0.15, -0.1) is 0 Å². The first-order valence-electron chi connectivity index (χ1n) is 9.90. The minimum atomic E-state index is 0.0112. The van der Waals surface area contributed by atoms with E-state index in [9.17, 15) is 9.59 Å². The summed E-state index contributed by atoms with van der Waals surface area (Å²) >= 11 is 0. The van der Waals surface area contributed by atoms with Crippen molar-refractivity contribution in [3.63, 3.8) is 0 Å². The molecule has 2 saturated heterocycles. The van der Waals surface area contributed by atoms with Crippen molar-refractivity contribution in [2.75, 3.05) is 19.6 Å². The Kier molecular flexibility index (Phi) is 5.36. The van der Waals surface area contributed by atoms with Gasteiger partial charge in [-0.1, -0.05) is 6.07 Å². The van der Waals surface area contributed by atoms with Crippen molar-refractivity contribution in [3.8, 4) is 0 Å². The van der Waals surface area contributed by atoms with E-state index in [1.165, 1.54) is 6.33 Å². The molecule has 4 rings (SSSR count). The van der Waals surface area contributed by atoms with Gasteiger partial charge in [0.15, 0.2) is 0 Å². The molecule has 0 N–H and O–H groups in total. The zero-order valence-corrected chi connectivity index (χ0v) is 16.0. The molecule has 0 saturated carbocycles. The van der Waals surface area contributed by atoms with Crippen LogP contribution in [0.25, 0.3) is 0 Å². The maximum absolute atomic E-state index is 12.7. The number of carbonyl (C=O) groups excluding carboxylic acids is 2. The summed E-state index contributed by atoms with van der Waals surface area (Å²) in [6.45, 7) is 3.39. The minimum absolute atomic E-state index is 0.0112. The predicted octanol–water partition coefficient (Wildman–Crippen LogP) is 1.49. The Morgan fingerprint density at radius 3 is 2.93 bits per heavy atom. The van der Waals surface area contributed by atoms with Crippen LogP contribution in [0.4, 0.5) is 0 Å². The summed E-state index contributed by atoms with van der Waals surface area (Å²) in [6, 6.07) is 3.90. The molecular formula is C20H26N6O2. The molecule has 2 amide bonds. The maximum Gasteiger partial charge on any atom is 0.224 e. The van der Waals surface area contributed by atoms with Gasteiger partial charge in [0.25, 0.3) is 0 Å². The van der Waals surface area contributed by atoms with E-state index < -0.39 is 0 Å². The quantitative estimate of drug-likeness (QED) is 0.782. The van der Waals surface area contributed by atoms with Crippen LogP contribution < -0.4 is 0 Å². The number of nitrogens with zero attached hydrogens (tertiary/aromatic N) is 6. The number of pyridine rings is 1. The van der Waals surface area contributed by atoms with Crippen LogP contribution in [0.2, 0.25) is 0 Å². The van der Waals surface area contributed by atoms with E-state index in [4.69, 9.17) is 0 Å². The molecule has 28 heavy (non-hydrogen) atoms. The second-order valence-corrected chi connectivity index (χ2v) is 7.94. The van der Waals surface area contributed by atoms with Crippen molar-refractivity contribution < 1.29 is 9.59 Å². The molecule has 2 aromatic rings. The van der Waals surface area contributed by atoms with E-state index in [1.807, 2.05) is 28.1 Å². The standard InChI is InChI=1S/C20H26N6O2/c27-18-4-7-20(14-25(18)12-17-3-1-8-21-11-17)6-2-9-24(13-20)19(28)5-10-26-16-22-15-23-26/h1,3,8,11,15-16H,2,4-7,9-10,12-14H2/t20-/m1/s1. The highest BCUT2D eigenvalue weighted by molar-refractivity contribution is 5.78. The third-order valence-electron chi connectivity index (χ3n) is 5.88. The third kappa shape index (κ3) is 4.21. The van der Waals surface area contributed by atoms with Gasteiger partial charge < -0.3 is 9.80 Å². The van der Waals surface area contributed by atoms with Gasteiger partial charge in [-0.05, 0) is 30.9 Å². The Bertz CT molecular complexity index is 809. The van der Waals surface area contributed by atoms with Crippen LogP contribution in [0.1, 0.15) is 37.7 Å². The summed E-state index contributed by atoms with van der Waals surface area (Å²) in [4.78, 5) is 37.2. The Balaban J connectivity index is 1.39. The van der Waals surface area contributed by atoms with Crippen molar-refractivity contribution in [1.29, 1.82) is 0 Å². The summed E-state index contributed by atoms with van der Waals surface area (Å²) < 4.78 is 1.69. The average molecular weight is 382 g/mol. The number of aryl methyl sites for hydroxylation is 1. The number of aromatic nitrogens is 4. The summed E-state index contributed by atoms with van der Waals surface area (Å²) in [5.74, 6) is 0.356. The normalized spacial score (nSPS) is 22.6. The van der Waals surface area contributed by atoms with E-state index in [0.29, 0.717) is 32.5 Å². The second kappa shape index (κ2) is 8.08. The SMILES string of the molecule is O=C(CCn1cncn1)N1CCC[C@@]2(CCC(=O)N(Cc3cccnc3)C2)C1. The van der Waals surface area contributed by atoms with Gasteiger partial charge in [-0.25, -0.2) is 4.98 Å². The molecule has 8 heteroatoms. The number of hydrogen-bond donors (Lipinski definition) is 0. The summed E-state index contributed by atoms with van der Waals surface area (Å²) in [5.41, 5.74) is 1.06. The number of rotatable bonds is 5. The first-order chi connectivity index (χ1) is 13.6. The molecule has 4 heterocycles. The topological polar surface area (TPSA) is 84.2 Å². The lowest BCUT2D eigenvalue weighted by atomic mass is 9.73. The Labute approximate surface area is 164 Å². The van der Waals surface area contributed by atoms with E-state index in [-0.39, 0.29) is 17.2 Å². The first-order valence-corrected chi connectivity index (χ1v) is 9.90. The molecule has 0 aliphatic carbocycles. The molecule has 1 spiro atoms. The number of likely N-dealkylation sites (tertiary alicyclic amines) is 2. The predicted molar refractivity (Wildman–Crippen MR) is 102 cm³/mol. The summed E-state index contributed by atoms with van der Waals surface area (Å²) in [7, 11) is 0. The molecule has 1 atom stereocenters. The van der Waals surface area contributed by atoms with Crippen molar-refractivity contribution in [2.45, 2.75) is 45.2 Å². The fourth-order valence-electron chi connectivity index (χ4n) is 4.43. The van der Waals surface area contributed by atoms with Crippen LogP contribution in [0.5, 0.6) is 0 Å². The lowest BCUT2D eigenvalue weighted by Gasteiger charge is -2.48. The lowest BCUT2D eigenvalue weighted by molar-refractivity contribution is -0.143. The highest BCUT2D eigenvalue weighted by Gasteiger charge is 2.42. The Morgan fingerprint density at radius 2 is 2.14 bits per heavy atom. The summed E-state index contributed by atoms with van der Waals surface area (Å²) in [6.07, 6.45) is 10.6. The van der Waals surface area contributed by atoms with Crippen molar-refractivity contribution in [1.82, 2.24) is 29.5 Å². The molecule has 2 aromatic heterocycles. The smallest absolute Gasteiger partial charge is 0.224 e. The molecule has 0 bridgehead atoms. The summed E-state index contributed by atoms with van der Waals surface area (Å²) in [5, 5.41) is 4.06.